The molecule has 0 spiro atoms. The predicted octanol–water partition coefficient (Wildman–Crippen LogP) is 3.83. The van der Waals surface area contributed by atoms with Gasteiger partial charge in [0.1, 0.15) is 11.5 Å². The fraction of sp³-hybridized carbons (Fsp3) is 0.421. The molecule has 1 aromatic rings. The summed E-state index contributed by atoms with van der Waals surface area (Å²) in [6.45, 7) is 5.90. The number of carbonyl (C=O) groups is 1. The minimum atomic E-state index is -0.111. The van der Waals surface area contributed by atoms with Crippen molar-refractivity contribution in [2.45, 2.75) is 39.7 Å². The third-order valence-electron chi connectivity index (χ3n) is 3.94. The van der Waals surface area contributed by atoms with Crippen molar-refractivity contribution in [1.29, 1.82) is 0 Å². The monoisotopic (exact) mass is 331 g/mol. The van der Waals surface area contributed by atoms with Crippen LogP contribution in [-0.2, 0) is 14.3 Å². The molecule has 1 unspecified atom stereocenters. The van der Waals surface area contributed by atoms with Gasteiger partial charge in [-0.2, -0.15) is 0 Å². The van der Waals surface area contributed by atoms with Gasteiger partial charge in [-0.1, -0.05) is 25.5 Å². The molecule has 0 radical (unpaired) electrons. The van der Waals surface area contributed by atoms with Crippen molar-refractivity contribution in [3.05, 3.63) is 53.0 Å². The first kappa shape index (κ1) is 17.9. The fourth-order valence-corrected chi connectivity index (χ4v) is 2.48. The van der Waals surface area contributed by atoms with Crippen LogP contribution in [0.2, 0.25) is 0 Å². The van der Waals surface area contributed by atoms with Gasteiger partial charge in [0.15, 0.2) is 5.76 Å². The Morgan fingerprint density at radius 3 is 2.58 bits per heavy atom. The number of methoxy groups -OCH3 is 1. The maximum Gasteiger partial charge on any atom is 0.247 e. The van der Waals surface area contributed by atoms with E-state index in [1.165, 1.54) is 0 Å². The highest BCUT2D eigenvalue weighted by Crippen LogP contribution is 2.23. The number of rotatable bonds is 7. The van der Waals surface area contributed by atoms with Crippen LogP contribution < -0.4 is 10.1 Å². The summed E-state index contributed by atoms with van der Waals surface area (Å²) in [5.74, 6) is 2.00. The molecule has 130 valence electrons. The molecular weight excluding hydrogens is 306 g/mol. The Morgan fingerprint density at radius 2 is 2.04 bits per heavy atom. The van der Waals surface area contributed by atoms with Gasteiger partial charge in [0.25, 0.3) is 0 Å². The smallest absolute Gasteiger partial charge is 0.247 e. The van der Waals surface area contributed by atoms with E-state index in [4.69, 9.17) is 14.2 Å². The SMILES string of the molecule is CCCC(NC(=O)/C(C)=C/C1=C(C)OCO1)c1ccc(OC)cc1. The molecule has 1 heterocycles. The summed E-state index contributed by atoms with van der Waals surface area (Å²) < 4.78 is 15.7. The third-order valence-corrected chi connectivity index (χ3v) is 3.94. The van der Waals surface area contributed by atoms with Crippen LogP contribution in [0.15, 0.2) is 47.4 Å². The van der Waals surface area contributed by atoms with Gasteiger partial charge in [-0.3, -0.25) is 4.79 Å². The molecule has 0 aliphatic carbocycles. The average molecular weight is 331 g/mol. The van der Waals surface area contributed by atoms with Crippen molar-refractivity contribution < 1.29 is 19.0 Å². The van der Waals surface area contributed by atoms with Gasteiger partial charge < -0.3 is 19.5 Å². The lowest BCUT2D eigenvalue weighted by Gasteiger charge is -2.19. The number of carbonyl (C=O) groups excluding carboxylic acids is 1. The first-order valence-corrected chi connectivity index (χ1v) is 8.14. The first-order valence-electron chi connectivity index (χ1n) is 8.14. The third kappa shape index (κ3) is 4.54. The molecule has 0 saturated carbocycles. The van der Waals surface area contributed by atoms with Crippen LogP contribution in [0, 0.1) is 0 Å². The Morgan fingerprint density at radius 1 is 1.33 bits per heavy atom. The van der Waals surface area contributed by atoms with E-state index in [0.29, 0.717) is 17.1 Å². The van der Waals surface area contributed by atoms with Crippen LogP contribution in [-0.4, -0.2) is 19.8 Å². The second-order valence-corrected chi connectivity index (χ2v) is 5.74. The van der Waals surface area contributed by atoms with E-state index in [-0.39, 0.29) is 18.7 Å². The summed E-state index contributed by atoms with van der Waals surface area (Å²) in [4.78, 5) is 12.5. The van der Waals surface area contributed by atoms with E-state index in [0.717, 1.165) is 24.2 Å². The molecular formula is C19H25NO4. The normalized spacial score (nSPS) is 15.6. The summed E-state index contributed by atoms with van der Waals surface area (Å²) in [6, 6.07) is 7.75. The second kappa shape index (κ2) is 8.43. The van der Waals surface area contributed by atoms with Gasteiger partial charge in [-0.25, -0.2) is 0 Å². The fourth-order valence-electron chi connectivity index (χ4n) is 2.48. The largest absolute Gasteiger partial charge is 0.497 e. The molecule has 24 heavy (non-hydrogen) atoms. The van der Waals surface area contributed by atoms with Crippen molar-refractivity contribution in [3.63, 3.8) is 0 Å². The van der Waals surface area contributed by atoms with Gasteiger partial charge in [-0.15, -0.1) is 0 Å². The highest BCUT2D eigenvalue weighted by Gasteiger charge is 2.17. The Labute approximate surface area is 143 Å². The Kier molecular flexibility index (Phi) is 6.29. The zero-order chi connectivity index (χ0) is 17.5. The van der Waals surface area contributed by atoms with E-state index in [1.54, 1.807) is 20.1 Å². The Bertz CT molecular complexity index is 631. The zero-order valence-corrected chi connectivity index (χ0v) is 14.7. The number of hydrogen-bond donors (Lipinski definition) is 1. The summed E-state index contributed by atoms with van der Waals surface area (Å²) in [5, 5.41) is 3.09. The quantitative estimate of drug-likeness (QED) is 0.771. The molecule has 0 aromatic heterocycles. The van der Waals surface area contributed by atoms with E-state index in [2.05, 4.69) is 12.2 Å². The van der Waals surface area contributed by atoms with Crippen LogP contribution in [0.4, 0.5) is 0 Å². The second-order valence-electron chi connectivity index (χ2n) is 5.74. The van der Waals surface area contributed by atoms with Gasteiger partial charge in [0.05, 0.1) is 13.2 Å². The molecule has 1 N–H and O–H groups in total. The van der Waals surface area contributed by atoms with E-state index < -0.39 is 0 Å². The van der Waals surface area contributed by atoms with Crippen LogP contribution in [0.5, 0.6) is 5.75 Å². The number of nitrogens with one attached hydrogen (secondary N) is 1. The average Bonchev–Trinajstić information content (AvgIpc) is 2.99. The summed E-state index contributed by atoms with van der Waals surface area (Å²) in [6.07, 6.45) is 3.56. The molecule has 5 heteroatoms. The van der Waals surface area contributed by atoms with Gasteiger partial charge in [0.2, 0.25) is 12.7 Å². The standard InChI is InChI=1S/C19H25NO4/c1-5-6-17(15-7-9-16(22-4)10-8-15)20-19(21)13(2)11-18-14(3)23-12-24-18/h7-11,17H,5-6,12H2,1-4H3,(H,20,21)/b13-11+. The van der Waals surface area contributed by atoms with E-state index >= 15 is 0 Å². The minimum absolute atomic E-state index is 0.0346. The Hall–Kier alpha value is -2.43. The zero-order valence-electron chi connectivity index (χ0n) is 14.7. The highest BCUT2D eigenvalue weighted by atomic mass is 16.7. The molecule has 0 bridgehead atoms. The lowest BCUT2D eigenvalue weighted by Crippen LogP contribution is -2.29. The summed E-state index contributed by atoms with van der Waals surface area (Å²) in [5.41, 5.74) is 1.65. The first-order chi connectivity index (χ1) is 11.5. The highest BCUT2D eigenvalue weighted by molar-refractivity contribution is 5.93. The van der Waals surface area contributed by atoms with Gasteiger partial charge in [0, 0.05) is 5.57 Å². The maximum absolute atomic E-state index is 12.5. The molecule has 5 nitrogen and oxygen atoms in total. The van der Waals surface area contributed by atoms with Crippen LogP contribution in [0.1, 0.15) is 45.2 Å². The molecule has 1 aromatic carbocycles. The minimum Gasteiger partial charge on any atom is -0.497 e. The van der Waals surface area contributed by atoms with E-state index in [1.807, 2.05) is 31.2 Å². The lowest BCUT2D eigenvalue weighted by atomic mass is 10.0. The maximum atomic E-state index is 12.5. The van der Waals surface area contributed by atoms with Crippen LogP contribution in [0.25, 0.3) is 0 Å². The molecule has 2 rings (SSSR count). The molecule has 1 amide bonds. The topological polar surface area (TPSA) is 56.8 Å². The number of ether oxygens (including phenoxy) is 3. The number of benzene rings is 1. The van der Waals surface area contributed by atoms with E-state index in [9.17, 15) is 4.79 Å². The lowest BCUT2D eigenvalue weighted by molar-refractivity contribution is -0.118. The molecule has 0 fully saturated rings. The molecule has 1 aliphatic heterocycles. The van der Waals surface area contributed by atoms with Crippen molar-refractivity contribution in [1.82, 2.24) is 5.32 Å². The van der Waals surface area contributed by atoms with Crippen molar-refractivity contribution >= 4 is 5.91 Å². The van der Waals surface area contributed by atoms with Crippen molar-refractivity contribution in [2.75, 3.05) is 13.9 Å². The summed E-state index contributed by atoms with van der Waals surface area (Å²) in [7, 11) is 1.64. The number of allylic oxidation sites excluding steroid dienone is 2. The van der Waals surface area contributed by atoms with Crippen LogP contribution >= 0.6 is 0 Å². The molecule has 1 atom stereocenters. The summed E-state index contributed by atoms with van der Waals surface area (Å²) >= 11 is 0. The number of amides is 1. The predicted molar refractivity (Wildman–Crippen MR) is 92.3 cm³/mol. The molecule has 0 saturated heterocycles. The molecule has 1 aliphatic rings. The van der Waals surface area contributed by atoms with Crippen molar-refractivity contribution in [2.24, 2.45) is 0 Å². The van der Waals surface area contributed by atoms with Gasteiger partial charge in [-0.05, 0) is 44.0 Å². The van der Waals surface area contributed by atoms with Crippen molar-refractivity contribution in [3.8, 4) is 5.75 Å². The number of hydrogen-bond acceptors (Lipinski definition) is 4. The van der Waals surface area contributed by atoms with Gasteiger partial charge >= 0.3 is 0 Å². The Balaban J connectivity index is 2.09. The van der Waals surface area contributed by atoms with Crippen LogP contribution in [0.3, 0.4) is 0 Å².